The first kappa shape index (κ1) is 20.1. The number of nitrogens with zero attached hydrogens (tertiary/aromatic N) is 1. The van der Waals surface area contributed by atoms with Crippen LogP contribution in [0.15, 0.2) is 47.4 Å². The predicted octanol–water partition coefficient (Wildman–Crippen LogP) is 3.62. The number of sulfonamides is 1. The number of rotatable bonds is 5. The van der Waals surface area contributed by atoms with Crippen molar-refractivity contribution in [3.63, 3.8) is 0 Å². The summed E-state index contributed by atoms with van der Waals surface area (Å²) in [5.41, 5.74) is 1.87. The second kappa shape index (κ2) is 8.14. The lowest BCUT2D eigenvalue weighted by Gasteiger charge is -2.27. The summed E-state index contributed by atoms with van der Waals surface area (Å²) < 4.78 is 28.1. The molecule has 0 aromatic heterocycles. The second-order valence-corrected chi connectivity index (χ2v) is 8.75. The number of ketones is 1. The van der Waals surface area contributed by atoms with E-state index in [-0.39, 0.29) is 16.6 Å². The minimum atomic E-state index is -3.89. The molecule has 148 valence electrons. The molecule has 0 aliphatic carbocycles. The zero-order valence-corrected chi connectivity index (χ0v) is 16.9. The van der Waals surface area contributed by atoms with Crippen molar-refractivity contribution in [2.75, 3.05) is 17.8 Å². The number of carbonyl (C=O) groups excluding carboxylic acids is 2. The number of benzene rings is 2. The van der Waals surface area contributed by atoms with Crippen molar-refractivity contribution in [1.82, 2.24) is 4.90 Å². The van der Waals surface area contributed by atoms with Gasteiger partial charge in [-0.05, 0) is 62.9 Å². The van der Waals surface area contributed by atoms with Gasteiger partial charge in [0.25, 0.3) is 15.9 Å². The smallest absolute Gasteiger partial charge is 0.261 e. The minimum Gasteiger partial charge on any atom is -0.339 e. The fraction of sp³-hybridized carbons (Fsp3) is 0.333. The molecule has 3 rings (SSSR count). The number of hydrogen-bond donors (Lipinski definition) is 1. The highest BCUT2D eigenvalue weighted by Gasteiger charge is 2.23. The highest BCUT2D eigenvalue weighted by molar-refractivity contribution is 7.92. The van der Waals surface area contributed by atoms with Crippen molar-refractivity contribution < 1.29 is 18.0 Å². The van der Waals surface area contributed by atoms with Crippen molar-refractivity contribution in [3.05, 3.63) is 59.2 Å². The maximum absolute atomic E-state index is 12.9. The zero-order chi connectivity index (χ0) is 20.3. The number of Topliss-reactive ketones (excluding diaryl/α,β-unsaturated/α-hetero) is 1. The minimum absolute atomic E-state index is 0.0201. The van der Waals surface area contributed by atoms with Crippen molar-refractivity contribution in [2.24, 2.45) is 0 Å². The summed E-state index contributed by atoms with van der Waals surface area (Å²) in [6, 6.07) is 10.9. The van der Waals surface area contributed by atoms with Crippen LogP contribution in [0.3, 0.4) is 0 Å². The Morgan fingerprint density at radius 3 is 2.39 bits per heavy atom. The van der Waals surface area contributed by atoms with Gasteiger partial charge in [0.2, 0.25) is 0 Å². The Balaban J connectivity index is 1.89. The van der Waals surface area contributed by atoms with Gasteiger partial charge in [-0.1, -0.05) is 18.2 Å². The molecule has 0 spiro atoms. The van der Waals surface area contributed by atoms with Gasteiger partial charge in [0.05, 0.1) is 4.90 Å². The summed E-state index contributed by atoms with van der Waals surface area (Å²) in [6.07, 6.45) is 3.05. The highest BCUT2D eigenvalue weighted by Crippen LogP contribution is 2.22. The van der Waals surface area contributed by atoms with Gasteiger partial charge in [-0.15, -0.1) is 0 Å². The topological polar surface area (TPSA) is 83.5 Å². The largest absolute Gasteiger partial charge is 0.339 e. The van der Waals surface area contributed by atoms with Gasteiger partial charge >= 0.3 is 0 Å². The molecule has 7 heteroatoms. The van der Waals surface area contributed by atoms with Gasteiger partial charge in [-0.2, -0.15) is 0 Å². The van der Waals surface area contributed by atoms with Crippen LogP contribution in [0.25, 0.3) is 0 Å². The van der Waals surface area contributed by atoms with Crippen molar-refractivity contribution in [3.8, 4) is 0 Å². The average Bonchev–Trinajstić information content (AvgIpc) is 2.68. The molecule has 0 radical (unpaired) electrons. The zero-order valence-electron chi connectivity index (χ0n) is 16.1. The lowest BCUT2D eigenvalue weighted by atomic mass is 10.1. The second-order valence-electron chi connectivity index (χ2n) is 7.07. The van der Waals surface area contributed by atoms with Gasteiger partial charge in [-0.3, -0.25) is 14.3 Å². The van der Waals surface area contributed by atoms with E-state index in [0.29, 0.717) is 29.9 Å². The molecule has 1 heterocycles. The quantitative estimate of drug-likeness (QED) is 0.777. The molecule has 6 nitrogen and oxygen atoms in total. The third-order valence-corrected chi connectivity index (χ3v) is 6.29. The number of likely N-dealkylation sites (tertiary alicyclic amines) is 1. The van der Waals surface area contributed by atoms with E-state index in [9.17, 15) is 18.0 Å². The number of piperidine rings is 1. The van der Waals surface area contributed by atoms with E-state index in [1.807, 2.05) is 0 Å². The van der Waals surface area contributed by atoms with Crippen LogP contribution in [0.4, 0.5) is 5.69 Å². The number of carbonyl (C=O) groups is 2. The molecule has 2 aromatic rings. The van der Waals surface area contributed by atoms with Crippen LogP contribution in [0.5, 0.6) is 0 Å². The first-order valence-electron chi connectivity index (χ1n) is 9.32. The van der Waals surface area contributed by atoms with E-state index in [1.165, 1.54) is 25.1 Å². The summed E-state index contributed by atoms with van der Waals surface area (Å²) in [5.74, 6) is -0.279. The van der Waals surface area contributed by atoms with Crippen LogP contribution < -0.4 is 4.72 Å². The van der Waals surface area contributed by atoms with E-state index >= 15 is 0 Å². The molecule has 0 unspecified atom stereocenters. The number of amides is 1. The van der Waals surface area contributed by atoms with E-state index in [1.54, 1.807) is 36.1 Å². The summed E-state index contributed by atoms with van der Waals surface area (Å²) in [5, 5.41) is 0. The number of hydrogen-bond acceptors (Lipinski definition) is 4. The molecule has 28 heavy (non-hydrogen) atoms. The van der Waals surface area contributed by atoms with Gasteiger partial charge < -0.3 is 4.90 Å². The molecular weight excluding hydrogens is 376 g/mol. The van der Waals surface area contributed by atoms with Crippen LogP contribution in [0, 0.1) is 6.92 Å². The highest BCUT2D eigenvalue weighted by atomic mass is 32.2. The Bertz CT molecular complexity index is 1010. The average molecular weight is 401 g/mol. The SMILES string of the molecule is CC(=O)c1cccc(NS(=O)(=O)c2ccc(C)c(C(=O)N3CCCCC3)c2)c1. The Morgan fingerprint density at radius 2 is 1.71 bits per heavy atom. The van der Waals surface area contributed by atoms with Gasteiger partial charge in [0, 0.05) is 29.9 Å². The van der Waals surface area contributed by atoms with Crippen LogP contribution in [0.1, 0.15) is 52.5 Å². The lowest BCUT2D eigenvalue weighted by Crippen LogP contribution is -2.36. The Morgan fingerprint density at radius 1 is 1.00 bits per heavy atom. The predicted molar refractivity (Wildman–Crippen MR) is 108 cm³/mol. The fourth-order valence-corrected chi connectivity index (χ4v) is 4.36. The lowest BCUT2D eigenvalue weighted by molar-refractivity contribution is 0.0723. The summed E-state index contributed by atoms with van der Waals surface area (Å²) in [7, 11) is -3.89. The maximum atomic E-state index is 12.9. The van der Waals surface area contributed by atoms with Gasteiger partial charge in [0.1, 0.15) is 0 Å². The normalized spacial score (nSPS) is 14.6. The number of aryl methyl sites for hydroxylation is 1. The van der Waals surface area contributed by atoms with E-state index in [0.717, 1.165) is 24.8 Å². The maximum Gasteiger partial charge on any atom is 0.261 e. The summed E-state index contributed by atoms with van der Waals surface area (Å²) in [6.45, 7) is 4.63. The van der Waals surface area contributed by atoms with Crippen LogP contribution in [-0.2, 0) is 10.0 Å². The third kappa shape index (κ3) is 4.42. The first-order chi connectivity index (χ1) is 13.3. The summed E-state index contributed by atoms with van der Waals surface area (Å²) in [4.78, 5) is 26.2. The van der Waals surface area contributed by atoms with Gasteiger partial charge in [0.15, 0.2) is 5.78 Å². The standard InChI is InChI=1S/C21H24N2O4S/c1-15-9-10-19(14-20(15)21(25)23-11-4-3-5-12-23)28(26,27)22-18-8-6-7-17(13-18)16(2)24/h6-10,13-14,22H,3-5,11-12H2,1-2H3. The molecule has 0 atom stereocenters. The molecule has 1 amide bonds. The molecule has 2 aromatic carbocycles. The molecule has 0 bridgehead atoms. The van der Waals surface area contributed by atoms with E-state index in [2.05, 4.69) is 4.72 Å². The molecule has 1 N–H and O–H groups in total. The number of nitrogens with one attached hydrogen (secondary N) is 1. The first-order valence-corrected chi connectivity index (χ1v) is 10.8. The Kier molecular flexibility index (Phi) is 5.84. The van der Waals surface area contributed by atoms with Crippen LogP contribution in [0.2, 0.25) is 0 Å². The van der Waals surface area contributed by atoms with E-state index < -0.39 is 10.0 Å². The fourth-order valence-electron chi connectivity index (χ4n) is 3.28. The van der Waals surface area contributed by atoms with Crippen LogP contribution >= 0.6 is 0 Å². The van der Waals surface area contributed by atoms with Gasteiger partial charge in [-0.25, -0.2) is 8.42 Å². The third-order valence-electron chi connectivity index (χ3n) is 4.91. The van der Waals surface area contributed by atoms with Crippen molar-refractivity contribution in [1.29, 1.82) is 0 Å². The van der Waals surface area contributed by atoms with Crippen LogP contribution in [-0.4, -0.2) is 38.1 Å². The molecule has 1 aliphatic rings. The molecule has 1 fully saturated rings. The molecule has 1 saturated heterocycles. The molecular formula is C21H24N2O4S. The monoisotopic (exact) mass is 400 g/mol. The van der Waals surface area contributed by atoms with Crippen molar-refractivity contribution in [2.45, 2.75) is 38.0 Å². The van der Waals surface area contributed by atoms with E-state index in [4.69, 9.17) is 0 Å². The Labute approximate surface area is 165 Å². The Hall–Kier alpha value is -2.67. The molecule has 0 saturated carbocycles. The number of anilines is 1. The van der Waals surface area contributed by atoms with Crippen molar-refractivity contribution >= 4 is 27.4 Å². The molecule has 1 aliphatic heterocycles. The summed E-state index contributed by atoms with van der Waals surface area (Å²) >= 11 is 0.